The molecule has 3 nitrogen and oxygen atoms in total. The predicted octanol–water partition coefficient (Wildman–Crippen LogP) is 1.31. The summed E-state index contributed by atoms with van der Waals surface area (Å²) in [7, 11) is 0. The van der Waals surface area contributed by atoms with Gasteiger partial charge in [0, 0.05) is 6.04 Å². The topological polar surface area (TPSA) is 55.5 Å². The molecule has 2 rings (SSSR count). The number of allylic oxidation sites excluding steroid dienone is 1. The van der Waals surface area contributed by atoms with Gasteiger partial charge in [-0.15, -0.1) is 0 Å². The first-order chi connectivity index (χ1) is 6.71. The SMILES string of the molecule is NC1CCC(O)(C2=CCCCO2)CC1. The van der Waals surface area contributed by atoms with E-state index in [0.717, 1.165) is 50.9 Å². The summed E-state index contributed by atoms with van der Waals surface area (Å²) in [5, 5.41) is 10.4. The summed E-state index contributed by atoms with van der Waals surface area (Å²) in [4.78, 5) is 0. The van der Waals surface area contributed by atoms with Gasteiger partial charge in [-0.05, 0) is 44.6 Å². The molecular weight excluding hydrogens is 178 g/mol. The molecule has 0 bridgehead atoms. The van der Waals surface area contributed by atoms with E-state index in [1.807, 2.05) is 6.08 Å². The fourth-order valence-corrected chi connectivity index (χ4v) is 2.25. The van der Waals surface area contributed by atoms with E-state index in [4.69, 9.17) is 10.5 Å². The first-order valence-corrected chi connectivity index (χ1v) is 5.52. The van der Waals surface area contributed by atoms with Crippen LogP contribution in [0.5, 0.6) is 0 Å². The second-order valence-electron chi connectivity index (χ2n) is 4.43. The number of hydrogen-bond acceptors (Lipinski definition) is 3. The van der Waals surface area contributed by atoms with E-state index < -0.39 is 5.60 Å². The molecule has 0 radical (unpaired) electrons. The van der Waals surface area contributed by atoms with Crippen molar-refractivity contribution in [2.75, 3.05) is 6.61 Å². The molecule has 80 valence electrons. The zero-order valence-electron chi connectivity index (χ0n) is 8.54. The molecule has 1 fully saturated rings. The second kappa shape index (κ2) is 3.91. The van der Waals surface area contributed by atoms with E-state index in [1.54, 1.807) is 0 Å². The van der Waals surface area contributed by atoms with Gasteiger partial charge in [-0.1, -0.05) is 0 Å². The van der Waals surface area contributed by atoms with Crippen molar-refractivity contribution in [3.05, 3.63) is 11.8 Å². The first-order valence-electron chi connectivity index (χ1n) is 5.52. The van der Waals surface area contributed by atoms with Gasteiger partial charge < -0.3 is 15.6 Å². The zero-order valence-corrected chi connectivity index (χ0v) is 8.54. The molecule has 0 saturated heterocycles. The molecule has 0 aromatic rings. The maximum Gasteiger partial charge on any atom is 0.124 e. The minimum atomic E-state index is -0.712. The molecule has 0 spiro atoms. The van der Waals surface area contributed by atoms with Gasteiger partial charge in [-0.25, -0.2) is 0 Å². The Morgan fingerprint density at radius 2 is 2.14 bits per heavy atom. The van der Waals surface area contributed by atoms with Crippen LogP contribution in [-0.4, -0.2) is 23.4 Å². The standard InChI is InChI=1S/C11H19NO2/c12-9-4-6-11(13,7-5-9)10-3-1-2-8-14-10/h3,9,13H,1-2,4-8,12H2. The summed E-state index contributed by atoms with van der Waals surface area (Å²) >= 11 is 0. The van der Waals surface area contributed by atoms with Crippen LogP contribution < -0.4 is 5.73 Å². The Bertz CT molecular complexity index is 229. The molecule has 0 atom stereocenters. The maximum absolute atomic E-state index is 10.4. The second-order valence-corrected chi connectivity index (χ2v) is 4.43. The Morgan fingerprint density at radius 3 is 2.71 bits per heavy atom. The van der Waals surface area contributed by atoms with Gasteiger partial charge in [-0.3, -0.25) is 0 Å². The lowest BCUT2D eigenvalue weighted by molar-refractivity contribution is -0.0249. The van der Waals surface area contributed by atoms with E-state index >= 15 is 0 Å². The molecule has 2 aliphatic rings. The quantitative estimate of drug-likeness (QED) is 0.666. The third-order valence-corrected chi connectivity index (χ3v) is 3.25. The van der Waals surface area contributed by atoms with Gasteiger partial charge in [0.1, 0.15) is 11.4 Å². The van der Waals surface area contributed by atoms with E-state index in [1.165, 1.54) is 0 Å². The molecular formula is C11H19NO2. The summed E-state index contributed by atoms with van der Waals surface area (Å²) in [6.07, 6.45) is 7.44. The van der Waals surface area contributed by atoms with Crippen LogP contribution in [0.25, 0.3) is 0 Å². The normalized spacial score (nSPS) is 38.7. The molecule has 3 heteroatoms. The largest absolute Gasteiger partial charge is 0.495 e. The van der Waals surface area contributed by atoms with Crippen LogP contribution in [0.4, 0.5) is 0 Å². The Morgan fingerprint density at radius 1 is 1.43 bits per heavy atom. The highest BCUT2D eigenvalue weighted by atomic mass is 16.5. The van der Waals surface area contributed by atoms with Crippen molar-refractivity contribution in [3.8, 4) is 0 Å². The molecule has 0 aromatic carbocycles. The number of ether oxygens (including phenoxy) is 1. The fraction of sp³-hybridized carbons (Fsp3) is 0.818. The number of rotatable bonds is 1. The molecule has 0 unspecified atom stereocenters. The summed E-state index contributed by atoms with van der Waals surface area (Å²) in [6.45, 7) is 0.750. The molecule has 1 aliphatic heterocycles. The minimum Gasteiger partial charge on any atom is -0.495 e. The Labute approximate surface area is 84.9 Å². The van der Waals surface area contributed by atoms with Crippen LogP contribution in [-0.2, 0) is 4.74 Å². The van der Waals surface area contributed by atoms with E-state index in [0.29, 0.717) is 0 Å². The lowest BCUT2D eigenvalue weighted by Crippen LogP contribution is -2.41. The zero-order chi connectivity index (χ0) is 10.0. The van der Waals surface area contributed by atoms with Crippen LogP contribution in [0.3, 0.4) is 0 Å². The van der Waals surface area contributed by atoms with Gasteiger partial charge in [0.15, 0.2) is 0 Å². The molecule has 0 amide bonds. The molecule has 1 heterocycles. The van der Waals surface area contributed by atoms with Gasteiger partial charge in [-0.2, -0.15) is 0 Å². The lowest BCUT2D eigenvalue weighted by atomic mass is 9.80. The van der Waals surface area contributed by atoms with Crippen LogP contribution in [0.15, 0.2) is 11.8 Å². The molecule has 3 N–H and O–H groups in total. The van der Waals surface area contributed by atoms with Crippen molar-refractivity contribution in [2.45, 2.75) is 50.2 Å². The van der Waals surface area contributed by atoms with Crippen LogP contribution >= 0.6 is 0 Å². The van der Waals surface area contributed by atoms with Crippen molar-refractivity contribution >= 4 is 0 Å². The highest BCUT2D eigenvalue weighted by molar-refractivity contribution is 5.13. The van der Waals surface area contributed by atoms with E-state index in [2.05, 4.69) is 0 Å². The average molecular weight is 197 g/mol. The summed E-state index contributed by atoms with van der Waals surface area (Å²) < 4.78 is 5.53. The van der Waals surface area contributed by atoms with E-state index in [9.17, 15) is 5.11 Å². The summed E-state index contributed by atoms with van der Waals surface area (Å²) in [6, 6.07) is 0.263. The smallest absolute Gasteiger partial charge is 0.124 e. The Balaban J connectivity index is 2.04. The number of aliphatic hydroxyl groups is 1. The fourth-order valence-electron chi connectivity index (χ4n) is 2.25. The van der Waals surface area contributed by atoms with Gasteiger partial charge in [0.05, 0.1) is 6.61 Å². The molecule has 0 aromatic heterocycles. The van der Waals surface area contributed by atoms with Crippen molar-refractivity contribution < 1.29 is 9.84 Å². The third-order valence-electron chi connectivity index (χ3n) is 3.25. The average Bonchev–Trinajstić information content (AvgIpc) is 2.24. The van der Waals surface area contributed by atoms with Crippen LogP contribution in [0, 0.1) is 0 Å². The van der Waals surface area contributed by atoms with E-state index in [-0.39, 0.29) is 6.04 Å². The monoisotopic (exact) mass is 197 g/mol. The minimum absolute atomic E-state index is 0.263. The first kappa shape index (κ1) is 9.99. The van der Waals surface area contributed by atoms with Gasteiger partial charge in [0.25, 0.3) is 0 Å². The lowest BCUT2D eigenvalue weighted by Gasteiger charge is -2.37. The van der Waals surface area contributed by atoms with Gasteiger partial charge >= 0.3 is 0 Å². The highest BCUT2D eigenvalue weighted by Crippen LogP contribution is 2.35. The van der Waals surface area contributed by atoms with Crippen LogP contribution in [0.1, 0.15) is 38.5 Å². The predicted molar refractivity (Wildman–Crippen MR) is 54.7 cm³/mol. The van der Waals surface area contributed by atoms with Crippen molar-refractivity contribution in [2.24, 2.45) is 5.73 Å². The molecule has 14 heavy (non-hydrogen) atoms. The van der Waals surface area contributed by atoms with Crippen molar-refractivity contribution in [1.82, 2.24) is 0 Å². The maximum atomic E-state index is 10.4. The summed E-state index contributed by atoms with van der Waals surface area (Å²) in [5.74, 6) is 0.802. The molecule has 1 saturated carbocycles. The highest BCUT2D eigenvalue weighted by Gasteiger charge is 2.37. The van der Waals surface area contributed by atoms with Crippen molar-refractivity contribution in [1.29, 1.82) is 0 Å². The Kier molecular flexibility index (Phi) is 2.79. The molecule has 1 aliphatic carbocycles. The Hall–Kier alpha value is -0.540. The van der Waals surface area contributed by atoms with Gasteiger partial charge in [0.2, 0.25) is 0 Å². The van der Waals surface area contributed by atoms with Crippen LogP contribution in [0.2, 0.25) is 0 Å². The number of nitrogens with two attached hydrogens (primary N) is 1. The van der Waals surface area contributed by atoms with Crippen molar-refractivity contribution in [3.63, 3.8) is 0 Å². The summed E-state index contributed by atoms with van der Waals surface area (Å²) in [5.41, 5.74) is 5.10. The number of hydrogen-bond donors (Lipinski definition) is 2. The third kappa shape index (κ3) is 1.93.